The molecule has 0 atom stereocenters. The molecular weight excluding hydrogens is 238 g/mol. The lowest BCUT2D eigenvalue weighted by Gasteiger charge is -2.08. The summed E-state index contributed by atoms with van der Waals surface area (Å²) in [7, 11) is 0. The minimum absolute atomic E-state index is 0.741. The molecule has 0 bridgehead atoms. The second-order valence-corrected chi connectivity index (χ2v) is 4.39. The van der Waals surface area contributed by atoms with Crippen LogP contribution in [0.2, 0.25) is 0 Å². The van der Waals surface area contributed by atoms with Crippen molar-refractivity contribution in [3.63, 3.8) is 0 Å². The third-order valence-corrected chi connectivity index (χ3v) is 2.67. The number of ether oxygens (including phenoxy) is 1. The van der Waals surface area contributed by atoms with Crippen molar-refractivity contribution in [2.24, 2.45) is 0 Å². The van der Waals surface area contributed by atoms with Crippen LogP contribution in [0.15, 0.2) is 36.7 Å². The van der Waals surface area contributed by atoms with E-state index in [2.05, 4.69) is 34.3 Å². The first kappa shape index (κ1) is 13.3. The molecule has 0 amide bonds. The molecule has 0 saturated heterocycles. The van der Waals surface area contributed by atoms with Crippen LogP contribution in [0.3, 0.4) is 0 Å². The van der Waals surface area contributed by atoms with E-state index in [0.29, 0.717) is 0 Å². The van der Waals surface area contributed by atoms with Gasteiger partial charge in [0.25, 0.3) is 0 Å². The number of nitrogens with zero attached hydrogens (tertiary/aromatic N) is 2. The van der Waals surface area contributed by atoms with Crippen molar-refractivity contribution in [1.29, 1.82) is 0 Å². The lowest BCUT2D eigenvalue weighted by atomic mass is 10.2. The van der Waals surface area contributed by atoms with Crippen LogP contribution in [0.1, 0.15) is 24.6 Å². The Kier molecular flexibility index (Phi) is 4.72. The van der Waals surface area contributed by atoms with Gasteiger partial charge in [0.1, 0.15) is 17.9 Å². The van der Waals surface area contributed by atoms with Crippen LogP contribution < -0.4 is 10.1 Å². The van der Waals surface area contributed by atoms with E-state index in [-0.39, 0.29) is 0 Å². The average Bonchev–Trinajstić information content (AvgIpc) is 2.44. The van der Waals surface area contributed by atoms with Crippen LogP contribution in [0.25, 0.3) is 0 Å². The molecule has 1 N–H and O–H groups in total. The van der Waals surface area contributed by atoms with E-state index >= 15 is 0 Å². The Labute approximate surface area is 113 Å². The highest BCUT2D eigenvalue weighted by atomic mass is 16.5. The fourth-order valence-electron chi connectivity index (χ4n) is 1.67. The van der Waals surface area contributed by atoms with Gasteiger partial charge in [0.05, 0.1) is 6.61 Å². The Morgan fingerprint density at radius 1 is 1.16 bits per heavy atom. The van der Waals surface area contributed by atoms with E-state index in [1.807, 2.05) is 25.1 Å². The summed E-state index contributed by atoms with van der Waals surface area (Å²) in [6, 6.07) is 10.0. The fourth-order valence-corrected chi connectivity index (χ4v) is 1.67. The average molecular weight is 257 g/mol. The Morgan fingerprint density at radius 3 is 2.63 bits per heavy atom. The molecule has 100 valence electrons. The van der Waals surface area contributed by atoms with Crippen molar-refractivity contribution in [2.75, 3.05) is 11.9 Å². The third kappa shape index (κ3) is 4.25. The summed E-state index contributed by atoms with van der Waals surface area (Å²) in [4.78, 5) is 8.23. The summed E-state index contributed by atoms with van der Waals surface area (Å²) in [5.74, 6) is 1.77. The van der Waals surface area contributed by atoms with Gasteiger partial charge >= 0.3 is 0 Å². The Morgan fingerprint density at radius 2 is 1.95 bits per heavy atom. The zero-order chi connectivity index (χ0) is 13.5. The molecule has 1 aromatic heterocycles. The van der Waals surface area contributed by atoms with Crippen molar-refractivity contribution >= 4 is 5.82 Å². The van der Waals surface area contributed by atoms with Gasteiger partial charge in [-0.05, 0) is 31.0 Å². The Bertz CT molecular complexity index is 511. The number of hydrogen-bond acceptors (Lipinski definition) is 4. The summed E-state index contributed by atoms with van der Waals surface area (Å²) in [5.41, 5.74) is 2.15. The molecule has 0 radical (unpaired) electrons. The predicted molar refractivity (Wildman–Crippen MR) is 76.3 cm³/mol. The standard InChI is InChI=1S/C15H19N3O/c1-3-8-19-14-6-4-13(5-7-14)10-16-15-9-12(2)17-11-18-15/h4-7,9,11H,3,8,10H2,1-2H3,(H,16,17,18). The van der Waals surface area contributed by atoms with Crippen LogP contribution in [-0.2, 0) is 6.54 Å². The van der Waals surface area contributed by atoms with Gasteiger partial charge in [-0.15, -0.1) is 0 Å². The van der Waals surface area contributed by atoms with Crippen molar-refractivity contribution < 1.29 is 4.74 Å². The Balaban J connectivity index is 1.89. The van der Waals surface area contributed by atoms with Crippen LogP contribution in [-0.4, -0.2) is 16.6 Å². The van der Waals surface area contributed by atoms with Crippen molar-refractivity contribution in [3.05, 3.63) is 47.9 Å². The molecule has 0 aliphatic heterocycles. The number of hydrogen-bond donors (Lipinski definition) is 1. The smallest absolute Gasteiger partial charge is 0.129 e. The molecule has 4 heteroatoms. The first-order valence-electron chi connectivity index (χ1n) is 6.52. The molecule has 2 rings (SSSR count). The number of anilines is 1. The summed E-state index contributed by atoms with van der Waals surface area (Å²) >= 11 is 0. The molecule has 1 heterocycles. The number of aromatic nitrogens is 2. The predicted octanol–water partition coefficient (Wildman–Crippen LogP) is 3.19. The van der Waals surface area contributed by atoms with Gasteiger partial charge in [-0.25, -0.2) is 9.97 Å². The highest BCUT2D eigenvalue weighted by Crippen LogP contribution is 2.13. The quantitative estimate of drug-likeness (QED) is 0.863. The van der Waals surface area contributed by atoms with Gasteiger partial charge in [0.2, 0.25) is 0 Å². The summed E-state index contributed by atoms with van der Waals surface area (Å²) in [6.07, 6.45) is 2.59. The molecular formula is C15H19N3O. The first-order valence-corrected chi connectivity index (χ1v) is 6.52. The second-order valence-electron chi connectivity index (χ2n) is 4.39. The van der Waals surface area contributed by atoms with Crippen molar-refractivity contribution in [1.82, 2.24) is 9.97 Å². The van der Waals surface area contributed by atoms with Gasteiger partial charge in [0.15, 0.2) is 0 Å². The number of rotatable bonds is 6. The van der Waals surface area contributed by atoms with Gasteiger partial charge < -0.3 is 10.1 Å². The molecule has 0 saturated carbocycles. The van der Waals surface area contributed by atoms with Gasteiger partial charge in [-0.3, -0.25) is 0 Å². The maximum atomic E-state index is 5.55. The molecule has 0 unspecified atom stereocenters. The molecule has 19 heavy (non-hydrogen) atoms. The summed E-state index contributed by atoms with van der Waals surface area (Å²) < 4.78 is 5.55. The third-order valence-electron chi connectivity index (χ3n) is 2.67. The fraction of sp³-hybridized carbons (Fsp3) is 0.333. The van der Waals surface area contributed by atoms with Crippen LogP contribution in [0.5, 0.6) is 5.75 Å². The lowest BCUT2D eigenvalue weighted by molar-refractivity contribution is 0.317. The van der Waals surface area contributed by atoms with Crippen LogP contribution >= 0.6 is 0 Å². The minimum atomic E-state index is 0.741. The van der Waals surface area contributed by atoms with E-state index in [1.165, 1.54) is 5.56 Å². The molecule has 2 aromatic rings. The number of benzene rings is 1. The zero-order valence-corrected chi connectivity index (χ0v) is 11.4. The lowest BCUT2D eigenvalue weighted by Crippen LogP contribution is -2.02. The van der Waals surface area contributed by atoms with E-state index in [9.17, 15) is 0 Å². The highest BCUT2D eigenvalue weighted by molar-refractivity contribution is 5.36. The molecule has 0 spiro atoms. The van der Waals surface area contributed by atoms with Crippen molar-refractivity contribution in [3.8, 4) is 5.75 Å². The largest absolute Gasteiger partial charge is 0.494 e. The van der Waals surface area contributed by atoms with Gasteiger partial charge in [-0.2, -0.15) is 0 Å². The monoisotopic (exact) mass is 257 g/mol. The van der Waals surface area contributed by atoms with Crippen LogP contribution in [0.4, 0.5) is 5.82 Å². The molecule has 0 fully saturated rings. The molecule has 1 aromatic carbocycles. The molecule has 0 aliphatic rings. The Hall–Kier alpha value is -2.10. The first-order chi connectivity index (χ1) is 9.28. The summed E-state index contributed by atoms with van der Waals surface area (Å²) in [5, 5.41) is 3.27. The number of nitrogens with one attached hydrogen (secondary N) is 1. The minimum Gasteiger partial charge on any atom is -0.494 e. The normalized spacial score (nSPS) is 10.2. The number of aryl methyl sites for hydroxylation is 1. The van der Waals surface area contributed by atoms with E-state index in [4.69, 9.17) is 4.74 Å². The van der Waals surface area contributed by atoms with E-state index in [1.54, 1.807) is 6.33 Å². The second kappa shape index (κ2) is 6.73. The molecule has 0 aliphatic carbocycles. The maximum Gasteiger partial charge on any atom is 0.129 e. The summed E-state index contributed by atoms with van der Waals surface area (Å²) in [6.45, 7) is 5.55. The van der Waals surface area contributed by atoms with Crippen LogP contribution in [0, 0.1) is 6.92 Å². The highest BCUT2D eigenvalue weighted by Gasteiger charge is 1.97. The van der Waals surface area contributed by atoms with Gasteiger partial charge in [-0.1, -0.05) is 19.1 Å². The zero-order valence-electron chi connectivity index (χ0n) is 11.4. The van der Waals surface area contributed by atoms with E-state index in [0.717, 1.165) is 36.8 Å². The van der Waals surface area contributed by atoms with Crippen molar-refractivity contribution in [2.45, 2.75) is 26.8 Å². The van der Waals surface area contributed by atoms with E-state index < -0.39 is 0 Å². The topological polar surface area (TPSA) is 47.0 Å². The SMILES string of the molecule is CCCOc1ccc(CNc2cc(C)ncn2)cc1. The van der Waals surface area contributed by atoms with Gasteiger partial charge in [0, 0.05) is 18.3 Å². The maximum absolute atomic E-state index is 5.55. The molecule has 4 nitrogen and oxygen atoms in total.